The normalized spacial score (nSPS) is 10.5. The highest BCUT2D eigenvalue weighted by Gasteiger charge is 2.17. The van der Waals surface area contributed by atoms with Crippen LogP contribution >= 0.6 is 0 Å². The number of carbonyl (C=O) groups excluding carboxylic acids is 1. The average Bonchev–Trinajstić information content (AvgIpc) is 2.66. The molecule has 0 atom stereocenters. The molecule has 0 saturated carbocycles. The minimum absolute atomic E-state index is 0.151. The van der Waals surface area contributed by atoms with Crippen molar-refractivity contribution in [3.05, 3.63) is 76.3 Å². The molecule has 26 heavy (non-hydrogen) atoms. The molecule has 1 amide bonds. The number of aliphatic hydroxyl groups is 1. The minimum atomic E-state index is -0.563. The van der Waals surface area contributed by atoms with E-state index in [1.54, 1.807) is 6.07 Å². The number of nitrogens with one attached hydrogen (secondary N) is 2. The van der Waals surface area contributed by atoms with E-state index in [9.17, 15) is 14.9 Å². The van der Waals surface area contributed by atoms with Crippen LogP contribution in [0.5, 0.6) is 0 Å². The molecule has 3 N–H and O–H groups in total. The SMILES string of the molecule is O=C(Nc1ccc2ccccc2c1)c1ccc(NCCO)c([N+](=O)[O-])c1. The lowest BCUT2D eigenvalue weighted by molar-refractivity contribution is -0.384. The van der Waals surface area contributed by atoms with Crippen LogP contribution in [0.1, 0.15) is 10.4 Å². The van der Waals surface area contributed by atoms with Gasteiger partial charge in [0.1, 0.15) is 5.69 Å². The van der Waals surface area contributed by atoms with Crippen LogP contribution in [0.25, 0.3) is 10.8 Å². The highest BCUT2D eigenvalue weighted by molar-refractivity contribution is 6.06. The fourth-order valence-electron chi connectivity index (χ4n) is 2.63. The van der Waals surface area contributed by atoms with Gasteiger partial charge in [-0.1, -0.05) is 30.3 Å². The van der Waals surface area contributed by atoms with Crippen LogP contribution in [0.3, 0.4) is 0 Å². The Labute approximate surface area is 149 Å². The Hall–Kier alpha value is -3.45. The minimum Gasteiger partial charge on any atom is -0.395 e. The molecule has 0 bridgehead atoms. The molecule has 0 spiro atoms. The summed E-state index contributed by atoms with van der Waals surface area (Å²) in [5, 5.41) is 27.6. The van der Waals surface area contributed by atoms with Gasteiger partial charge in [-0.2, -0.15) is 0 Å². The van der Waals surface area contributed by atoms with E-state index in [4.69, 9.17) is 5.11 Å². The first kappa shape index (κ1) is 17.4. The lowest BCUT2D eigenvalue weighted by Crippen LogP contribution is -2.13. The largest absolute Gasteiger partial charge is 0.395 e. The molecule has 0 aliphatic rings. The van der Waals surface area contributed by atoms with Crippen LogP contribution in [0.15, 0.2) is 60.7 Å². The number of amides is 1. The van der Waals surface area contributed by atoms with E-state index >= 15 is 0 Å². The van der Waals surface area contributed by atoms with Gasteiger partial charge in [0.25, 0.3) is 11.6 Å². The third-order valence-electron chi connectivity index (χ3n) is 3.89. The summed E-state index contributed by atoms with van der Waals surface area (Å²) in [5.74, 6) is -0.433. The monoisotopic (exact) mass is 351 g/mol. The smallest absolute Gasteiger partial charge is 0.293 e. The first-order chi connectivity index (χ1) is 12.6. The Morgan fingerprint density at radius 2 is 1.81 bits per heavy atom. The summed E-state index contributed by atoms with van der Waals surface area (Å²) in [7, 11) is 0. The van der Waals surface area contributed by atoms with E-state index in [2.05, 4.69) is 10.6 Å². The number of fused-ring (bicyclic) bond motifs is 1. The molecule has 0 aromatic heterocycles. The van der Waals surface area contributed by atoms with Crippen molar-refractivity contribution in [3.63, 3.8) is 0 Å². The number of nitro groups is 1. The predicted octanol–water partition coefficient (Wildman–Crippen LogP) is 3.40. The van der Waals surface area contributed by atoms with Crippen LogP contribution in [0.2, 0.25) is 0 Å². The molecule has 7 nitrogen and oxygen atoms in total. The van der Waals surface area contributed by atoms with Gasteiger partial charge >= 0.3 is 0 Å². The van der Waals surface area contributed by atoms with Gasteiger partial charge < -0.3 is 15.7 Å². The first-order valence-electron chi connectivity index (χ1n) is 8.02. The van der Waals surface area contributed by atoms with E-state index in [1.165, 1.54) is 18.2 Å². The second kappa shape index (κ2) is 7.62. The number of aliphatic hydroxyl groups excluding tert-OH is 1. The van der Waals surface area contributed by atoms with E-state index in [-0.39, 0.29) is 30.1 Å². The van der Waals surface area contributed by atoms with Crippen molar-refractivity contribution < 1.29 is 14.8 Å². The van der Waals surface area contributed by atoms with Crippen molar-refractivity contribution in [1.82, 2.24) is 0 Å². The molecular weight excluding hydrogens is 334 g/mol. The number of nitrogens with zero attached hydrogens (tertiary/aromatic N) is 1. The Morgan fingerprint density at radius 1 is 1.04 bits per heavy atom. The Kier molecular flexibility index (Phi) is 5.09. The quantitative estimate of drug-likeness (QED) is 0.466. The van der Waals surface area contributed by atoms with Crippen molar-refractivity contribution in [2.24, 2.45) is 0 Å². The Bertz CT molecular complexity index is 972. The number of hydrogen-bond donors (Lipinski definition) is 3. The average molecular weight is 351 g/mol. The number of hydrogen-bond acceptors (Lipinski definition) is 5. The van der Waals surface area contributed by atoms with E-state index in [0.29, 0.717) is 5.69 Å². The summed E-state index contributed by atoms with van der Waals surface area (Å²) in [5.41, 5.74) is 0.828. The van der Waals surface area contributed by atoms with Crippen LogP contribution in [0.4, 0.5) is 17.1 Å². The number of nitro benzene ring substituents is 1. The van der Waals surface area contributed by atoms with Gasteiger partial charge in [0, 0.05) is 23.9 Å². The molecular formula is C19H17N3O4. The molecule has 0 aliphatic carbocycles. The molecule has 3 aromatic rings. The number of rotatable bonds is 6. The molecule has 3 aromatic carbocycles. The zero-order valence-electron chi connectivity index (χ0n) is 13.8. The van der Waals surface area contributed by atoms with Crippen LogP contribution in [0, 0.1) is 10.1 Å². The van der Waals surface area contributed by atoms with Crippen molar-refractivity contribution in [3.8, 4) is 0 Å². The van der Waals surface area contributed by atoms with E-state index in [0.717, 1.165) is 10.8 Å². The van der Waals surface area contributed by atoms with Gasteiger partial charge in [-0.15, -0.1) is 0 Å². The molecule has 0 heterocycles. The lowest BCUT2D eigenvalue weighted by Gasteiger charge is -2.09. The third-order valence-corrected chi connectivity index (χ3v) is 3.89. The van der Waals surface area contributed by atoms with E-state index < -0.39 is 10.8 Å². The van der Waals surface area contributed by atoms with Gasteiger partial charge in [0.2, 0.25) is 0 Å². The van der Waals surface area contributed by atoms with Crippen molar-refractivity contribution in [1.29, 1.82) is 0 Å². The number of anilines is 2. The fourth-order valence-corrected chi connectivity index (χ4v) is 2.63. The van der Waals surface area contributed by atoms with Gasteiger partial charge in [-0.05, 0) is 35.0 Å². The van der Waals surface area contributed by atoms with Crippen molar-refractivity contribution in [2.45, 2.75) is 0 Å². The molecule has 3 rings (SSSR count). The van der Waals surface area contributed by atoms with Gasteiger partial charge in [-0.3, -0.25) is 14.9 Å². The van der Waals surface area contributed by atoms with Crippen molar-refractivity contribution >= 4 is 33.7 Å². The molecule has 132 valence electrons. The van der Waals surface area contributed by atoms with Gasteiger partial charge in [-0.25, -0.2) is 0 Å². The second-order valence-electron chi connectivity index (χ2n) is 5.66. The summed E-state index contributed by atoms with van der Waals surface area (Å²) in [6, 6.07) is 17.5. The van der Waals surface area contributed by atoms with Crippen molar-refractivity contribution in [2.75, 3.05) is 23.8 Å². The third kappa shape index (κ3) is 3.79. The molecule has 7 heteroatoms. The Balaban J connectivity index is 1.84. The summed E-state index contributed by atoms with van der Waals surface area (Å²) in [6.07, 6.45) is 0. The predicted molar refractivity (Wildman–Crippen MR) is 101 cm³/mol. The van der Waals surface area contributed by atoms with Crippen LogP contribution < -0.4 is 10.6 Å². The van der Waals surface area contributed by atoms with Gasteiger partial charge in [0.15, 0.2) is 0 Å². The summed E-state index contributed by atoms with van der Waals surface area (Å²) in [6.45, 7) is 0.0326. The van der Waals surface area contributed by atoms with Gasteiger partial charge in [0.05, 0.1) is 11.5 Å². The fraction of sp³-hybridized carbons (Fsp3) is 0.105. The second-order valence-corrected chi connectivity index (χ2v) is 5.66. The standard InChI is InChI=1S/C19H17N3O4/c23-10-9-20-17-8-6-15(12-18(17)22(25)26)19(24)21-16-7-5-13-3-1-2-4-14(13)11-16/h1-8,11-12,20,23H,9-10H2,(H,21,24). The zero-order valence-corrected chi connectivity index (χ0v) is 13.8. The zero-order chi connectivity index (χ0) is 18.5. The highest BCUT2D eigenvalue weighted by Crippen LogP contribution is 2.26. The maximum Gasteiger partial charge on any atom is 0.293 e. The lowest BCUT2D eigenvalue weighted by atomic mass is 10.1. The maximum atomic E-state index is 12.5. The molecule has 0 unspecified atom stereocenters. The number of carbonyl (C=O) groups is 1. The molecule has 0 aliphatic heterocycles. The summed E-state index contributed by atoms with van der Waals surface area (Å²) in [4.78, 5) is 23.1. The highest BCUT2D eigenvalue weighted by atomic mass is 16.6. The first-order valence-corrected chi connectivity index (χ1v) is 8.02. The Morgan fingerprint density at radius 3 is 2.54 bits per heavy atom. The number of benzene rings is 3. The van der Waals surface area contributed by atoms with Crippen LogP contribution in [-0.2, 0) is 0 Å². The molecule has 0 saturated heterocycles. The molecule has 0 radical (unpaired) electrons. The topological polar surface area (TPSA) is 104 Å². The summed E-state index contributed by atoms with van der Waals surface area (Å²) < 4.78 is 0. The molecule has 0 fully saturated rings. The maximum absolute atomic E-state index is 12.5. The van der Waals surface area contributed by atoms with E-state index in [1.807, 2.05) is 36.4 Å². The summed E-state index contributed by atoms with van der Waals surface area (Å²) >= 11 is 0. The van der Waals surface area contributed by atoms with Crippen LogP contribution in [-0.4, -0.2) is 29.1 Å².